The number of carbonyl (C=O) groups excluding carboxylic acids is 4. The van der Waals surface area contributed by atoms with Crippen molar-refractivity contribution in [3.63, 3.8) is 0 Å². The molecule has 1 aliphatic carbocycles. The fraction of sp³-hybridized carbons (Fsp3) is 0.226. The number of hydrogen-bond acceptors (Lipinski definition) is 4. The van der Waals surface area contributed by atoms with Gasteiger partial charge in [-0.3, -0.25) is 24.1 Å². The summed E-state index contributed by atoms with van der Waals surface area (Å²) in [5, 5.41) is 5.71. The van der Waals surface area contributed by atoms with Crippen molar-refractivity contribution in [3.8, 4) is 0 Å². The molecule has 0 aromatic heterocycles. The van der Waals surface area contributed by atoms with E-state index in [0.717, 1.165) is 11.1 Å². The first-order valence-corrected chi connectivity index (χ1v) is 12.8. The van der Waals surface area contributed by atoms with Crippen LogP contribution in [0.5, 0.6) is 0 Å². The van der Waals surface area contributed by atoms with Crippen molar-refractivity contribution < 1.29 is 19.2 Å². The van der Waals surface area contributed by atoms with E-state index in [9.17, 15) is 19.2 Å². The summed E-state index contributed by atoms with van der Waals surface area (Å²) in [6.45, 7) is 1.98. The fourth-order valence-corrected chi connectivity index (χ4v) is 5.08. The molecule has 2 atom stereocenters. The van der Waals surface area contributed by atoms with Crippen LogP contribution in [0.4, 0.5) is 17.1 Å². The summed E-state index contributed by atoms with van der Waals surface area (Å²) in [5.41, 5.74) is 4.03. The highest BCUT2D eigenvalue weighted by Crippen LogP contribution is 2.39. The van der Waals surface area contributed by atoms with Gasteiger partial charge in [-0.25, -0.2) is 0 Å². The molecule has 0 bridgehead atoms. The summed E-state index contributed by atoms with van der Waals surface area (Å²) in [5.74, 6) is -1.59. The second-order valence-electron chi connectivity index (χ2n) is 9.83. The lowest BCUT2D eigenvalue weighted by Crippen LogP contribution is -2.31. The lowest BCUT2D eigenvalue weighted by atomic mass is 9.82. The number of aryl methyl sites for hydroxylation is 1. The number of nitrogens with one attached hydrogen (secondary N) is 2. The first-order valence-electron chi connectivity index (χ1n) is 12.8. The highest BCUT2D eigenvalue weighted by atomic mass is 16.2. The molecular weight excluding hydrogens is 478 g/mol. The average molecular weight is 508 g/mol. The van der Waals surface area contributed by atoms with Crippen molar-refractivity contribution >= 4 is 40.7 Å². The van der Waals surface area contributed by atoms with Gasteiger partial charge in [-0.1, -0.05) is 54.1 Å². The maximum Gasteiger partial charge on any atom is 0.255 e. The first-order chi connectivity index (χ1) is 18.4. The molecule has 0 unspecified atom stereocenters. The van der Waals surface area contributed by atoms with Gasteiger partial charge < -0.3 is 10.6 Å². The molecule has 3 aromatic rings. The Morgan fingerprint density at radius 3 is 2.34 bits per heavy atom. The van der Waals surface area contributed by atoms with Gasteiger partial charge in [0.2, 0.25) is 17.7 Å². The largest absolute Gasteiger partial charge is 0.326 e. The monoisotopic (exact) mass is 507 g/mol. The van der Waals surface area contributed by atoms with Crippen molar-refractivity contribution in [1.82, 2.24) is 0 Å². The van der Waals surface area contributed by atoms with E-state index < -0.39 is 0 Å². The highest BCUT2D eigenvalue weighted by molar-refractivity contribution is 6.22. The highest BCUT2D eigenvalue weighted by Gasteiger charge is 2.48. The molecule has 192 valence electrons. The predicted octanol–water partition coefficient (Wildman–Crippen LogP) is 5.36. The molecule has 2 N–H and O–H groups in total. The van der Waals surface area contributed by atoms with Crippen LogP contribution in [0.3, 0.4) is 0 Å². The molecule has 0 saturated carbocycles. The number of anilines is 3. The molecule has 1 heterocycles. The van der Waals surface area contributed by atoms with Gasteiger partial charge in [-0.05, 0) is 68.1 Å². The number of carbonyl (C=O) groups is 4. The minimum Gasteiger partial charge on any atom is -0.326 e. The van der Waals surface area contributed by atoms with Crippen molar-refractivity contribution in [2.24, 2.45) is 11.8 Å². The number of nitrogens with zero attached hydrogens (tertiary/aromatic N) is 1. The molecule has 7 heteroatoms. The average Bonchev–Trinajstić information content (AvgIpc) is 3.17. The quantitative estimate of drug-likeness (QED) is 0.333. The minimum atomic E-state index is -0.381. The maximum absolute atomic E-state index is 13.1. The van der Waals surface area contributed by atoms with Crippen LogP contribution in [-0.2, 0) is 20.8 Å². The van der Waals surface area contributed by atoms with Gasteiger partial charge in [0, 0.05) is 23.4 Å². The van der Waals surface area contributed by atoms with E-state index in [1.807, 2.05) is 43.3 Å². The topological polar surface area (TPSA) is 95.6 Å². The van der Waals surface area contributed by atoms with Crippen LogP contribution in [0.25, 0.3) is 0 Å². The third-order valence-corrected chi connectivity index (χ3v) is 7.08. The molecule has 4 amide bonds. The lowest BCUT2D eigenvalue weighted by molar-refractivity contribution is -0.122. The molecule has 0 radical (unpaired) electrons. The van der Waals surface area contributed by atoms with Crippen LogP contribution in [0.2, 0.25) is 0 Å². The minimum absolute atomic E-state index is 0.115. The summed E-state index contributed by atoms with van der Waals surface area (Å²) in [6.07, 6.45) is 4.17. The molecule has 2 aliphatic rings. The summed E-state index contributed by atoms with van der Waals surface area (Å²) >= 11 is 0. The van der Waals surface area contributed by atoms with Crippen LogP contribution in [-0.4, -0.2) is 23.6 Å². The molecular formula is C31H29N3O4. The van der Waals surface area contributed by atoms with Gasteiger partial charge in [0.15, 0.2) is 0 Å². The molecule has 38 heavy (non-hydrogen) atoms. The van der Waals surface area contributed by atoms with Crippen LogP contribution < -0.4 is 15.5 Å². The van der Waals surface area contributed by atoms with E-state index >= 15 is 0 Å². The number of amides is 4. The number of benzene rings is 3. The third-order valence-electron chi connectivity index (χ3n) is 7.08. The Kier molecular flexibility index (Phi) is 7.18. The van der Waals surface area contributed by atoms with E-state index in [-0.39, 0.29) is 35.5 Å². The second-order valence-corrected chi connectivity index (χ2v) is 9.83. The molecule has 1 saturated heterocycles. The van der Waals surface area contributed by atoms with E-state index in [4.69, 9.17) is 0 Å². The normalized spacial score (nSPS) is 18.6. The lowest BCUT2D eigenvalue weighted by Gasteiger charge is -2.18. The SMILES string of the molecule is CC1=CC[C@H]2C(=O)N(c3cccc(C(=O)Nc4cccc(NC(=O)CCc5ccccc5)c4)c3)C(=O)[C@@H]2C1. The molecule has 5 rings (SSSR count). The Labute approximate surface area is 221 Å². The Morgan fingerprint density at radius 2 is 1.55 bits per heavy atom. The molecule has 1 fully saturated rings. The van der Waals surface area contributed by atoms with Gasteiger partial charge in [0.1, 0.15) is 0 Å². The van der Waals surface area contributed by atoms with Crippen molar-refractivity contribution in [2.45, 2.75) is 32.6 Å². The van der Waals surface area contributed by atoms with Gasteiger partial charge in [0.05, 0.1) is 17.5 Å². The fourth-order valence-electron chi connectivity index (χ4n) is 5.08. The summed E-state index contributed by atoms with van der Waals surface area (Å²) in [7, 11) is 0. The molecule has 3 aromatic carbocycles. The molecule has 0 spiro atoms. The summed E-state index contributed by atoms with van der Waals surface area (Å²) < 4.78 is 0. The predicted molar refractivity (Wildman–Crippen MR) is 147 cm³/mol. The van der Waals surface area contributed by atoms with Gasteiger partial charge in [-0.2, -0.15) is 0 Å². The zero-order valence-corrected chi connectivity index (χ0v) is 21.1. The maximum atomic E-state index is 13.1. The van der Waals surface area contributed by atoms with Crippen molar-refractivity contribution in [3.05, 3.63) is 102 Å². The molecule has 1 aliphatic heterocycles. The smallest absolute Gasteiger partial charge is 0.255 e. The van der Waals surface area contributed by atoms with Crippen LogP contribution in [0.1, 0.15) is 42.1 Å². The van der Waals surface area contributed by atoms with Gasteiger partial charge in [0.25, 0.3) is 5.91 Å². The van der Waals surface area contributed by atoms with E-state index in [1.54, 1.807) is 48.5 Å². The second kappa shape index (κ2) is 10.8. The summed E-state index contributed by atoms with van der Waals surface area (Å²) in [6, 6.07) is 23.3. The number of fused-ring (bicyclic) bond motifs is 1. The Balaban J connectivity index is 1.23. The van der Waals surface area contributed by atoms with Crippen molar-refractivity contribution in [1.29, 1.82) is 0 Å². The van der Waals surface area contributed by atoms with E-state index in [2.05, 4.69) is 10.6 Å². The van der Waals surface area contributed by atoms with Gasteiger partial charge >= 0.3 is 0 Å². The Morgan fingerprint density at radius 1 is 0.842 bits per heavy atom. The molecule has 7 nitrogen and oxygen atoms in total. The van der Waals surface area contributed by atoms with Gasteiger partial charge in [-0.15, -0.1) is 0 Å². The summed E-state index contributed by atoms with van der Waals surface area (Å²) in [4.78, 5) is 52.8. The Bertz CT molecular complexity index is 1430. The van der Waals surface area contributed by atoms with E-state index in [0.29, 0.717) is 48.3 Å². The zero-order chi connectivity index (χ0) is 26.6. The number of hydrogen-bond donors (Lipinski definition) is 2. The Hall–Kier alpha value is -4.52. The van der Waals surface area contributed by atoms with Crippen LogP contribution in [0, 0.1) is 11.8 Å². The van der Waals surface area contributed by atoms with E-state index in [1.165, 1.54) is 4.90 Å². The third kappa shape index (κ3) is 5.42. The number of rotatable bonds is 7. The standard InChI is InChI=1S/C31H29N3O4/c1-20-13-15-26-27(17-20)31(38)34(30(26)37)25-12-5-9-22(18-25)29(36)33-24-11-6-10-23(19-24)32-28(35)16-14-21-7-3-2-4-8-21/h2-13,18-19,26-27H,14-17H2,1H3,(H,32,35)(H,33,36)/t26-,27-/m1/s1. The first kappa shape index (κ1) is 25.1. The van der Waals surface area contributed by atoms with Crippen LogP contribution in [0.15, 0.2) is 90.5 Å². The number of imide groups is 1. The van der Waals surface area contributed by atoms with Crippen molar-refractivity contribution in [2.75, 3.05) is 15.5 Å². The number of allylic oxidation sites excluding steroid dienone is 2. The zero-order valence-electron chi connectivity index (χ0n) is 21.1. The van der Waals surface area contributed by atoms with Crippen LogP contribution >= 0.6 is 0 Å².